The summed E-state index contributed by atoms with van der Waals surface area (Å²) in [5.74, 6) is -0.0667. The first-order valence-electron chi connectivity index (χ1n) is 6.08. The maximum atomic E-state index is 12.0. The summed E-state index contributed by atoms with van der Waals surface area (Å²) in [6.07, 6.45) is 1.98. The van der Waals surface area contributed by atoms with Crippen molar-refractivity contribution in [1.29, 1.82) is 0 Å². The second-order valence-corrected chi connectivity index (χ2v) is 5.47. The minimum absolute atomic E-state index is 0.0667. The molecule has 3 N–H and O–H groups in total. The molecule has 0 spiro atoms. The highest BCUT2D eigenvalue weighted by molar-refractivity contribution is 7.80. The van der Waals surface area contributed by atoms with Crippen LogP contribution in [0.1, 0.15) is 49.5 Å². The average Bonchev–Trinajstić information content (AvgIpc) is 2.28. The summed E-state index contributed by atoms with van der Waals surface area (Å²) in [6, 6.07) is 7.02. The Morgan fingerprint density at radius 2 is 1.78 bits per heavy atom. The summed E-state index contributed by atoms with van der Waals surface area (Å²) in [7, 11) is 0. The van der Waals surface area contributed by atoms with E-state index in [2.05, 4.69) is 12.2 Å². The van der Waals surface area contributed by atoms with Gasteiger partial charge in [0.05, 0.1) is 0 Å². The summed E-state index contributed by atoms with van der Waals surface area (Å²) in [5.41, 5.74) is 6.72. The van der Waals surface area contributed by atoms with E-state index in [-0.39, 0.29) is 11.4 Å². The van der Waals surface area contributed by atoms with E-state index in [4.69, 9.17) is 18.0 Å². The van der Waals surface area contributed by atoms with Crippen LogP contribution in [0.3, 0.4) is 0 Å². The molecule has 0 bridgehead atoms. The fourth-order valence-corrected chi connectivity index (χ4v) is 1.99. The number of thiocarbonyl (C=S) groups is 1. The largest absolute Gasteiger partial charge is 0.389 e. The molecule has 1 amide bonds. The first-order valence-corrected chi connectivity index (χ1v) is 6.49. The van der Waals surface area contributed by atoms with Crippen LogP contribution in [0.15, 0.2) is 24.3 Å². The lowest BCUT2D eigenvalue weighted by molar-refractivity contribution is 0.0909. The molecular formula is C14H20N2OS. The lowest BCUT2D eigenvalue weighted by Crippen LogP contribution is -2.43. The molecule has 0 aliphatic carbocycles. The Hall–Kier alpha value is -1.42. The van der Waals surface area contributed by atoms with Crippen LogP contribution in [0.4, 0.5) is 0 Å². The minimum atomic E-state index is -0.187. The van der Waals surface area contributed by atoms with Crippen LogP contribution in [0, 0.1) is 0 Å². The number of benzene rings is 1. The van der Waals surface area contributed by atoms with E-state index in [0.717, 1.165) is 18.4 Å². The molecule has 18 heavy (non-hydrogen) atoms. The van der Waals surface area contributed by atoms with E-state index in [1.54, 1.807) is 24.3 Å². The molecule has 0 atom stereocenters. The van der Waals surface area contributed by atoms with Gasteiger partial charge in [-0.15, -0.1) is 0 Å². The van der Waals surface area contributed by atoms with Crippen molar-refractivity contribution in [3.8, 4) is 0 Å². The highest BCUT2D eigenvalue weighted by atomic mass is 32.1. The Bertz CT molecular complexity index is 438. The van der Waals surface area contributed by atoms with Crippen LogP contribution in [0.2, 0.25) is 0 Å². The van der Waals surface area contributed by atoms with Crippen molar-refractivity contribution in [2.45, 2.75) is 39.2 Å². The van der Waals surface area contributed by atoms with E-state index in [9.17, 15) is 4.79 Å². The molecule has 0 aliphatic rings. The summed E-state index contributed by atoms with van der Waals surface area (Å²) in [6.45, 7) is 6.15. The van der Waals surface area contributed by atoms with Crippen LogP contribution in [-0.2, 0) is 0 Å². The first-order chi connectivity index (χ1) is 8.35. The average molecular weight is 264 g/mol. The van der Waals surface area contributed by atoms with Crippen molar-refractivity contribution in [2.75, 3.05) is 0 Å². The molecule has 1 aromatic rings. The van der Waals surface area contributed by atoms with E-state index in [1.165, 1.54) is 0 Å². The third-order valence-corrected chi connectivity index (χ3v) is 2.99. The molecular weight excluding hydrogens is 244 g/mol. The molecule has 3 nitrogen and oxygen atoms in total. The second kappa shape index (κ2) is 5.96. The number of amides is 1. The van der Waals surface area contributed by atoms with Crippen molar-refractivity contribution in [3.63, 3.8) is 0 Å². The highest BCUT2D eigenvalue weighted by Gasteiger charge is 2.19. The Labute approximate surface area is 114 Å². The van der Waals surface area contributed by atoms with E-state index in [1.807, 2.05) is 13.8 Å². The van der Waals surface area contributed by atoms with E-state index >= 15 is 0 Å². The molecule has 1 rings (SSSR count). The van der Waals surface area contributed by atoms with Crippen molar-refractivity contribution in [3.05, 3.63) is 35.4 Å². The lowest BCUT2D eigenvalue weighted by Gasteiger charge is -2.25. The standard InChI is InChI=1S/C14H20N2OS/c1-4-9-14(2,3)16-13(17)11-7-5-10(6-8-11)12(15)18/h5-8H,4,9H2,1-3H3,(H2,15,18)(H,16,17). The van der Waals surface area contributed by atoms with Gasteiger partial charge < -0.3 is 11.1 Å². The van der Waals surface area contributed by atoms with Gasteiger partial charge in [0.15, 0.2) is 0 Å². The molecule has 1 aromatic carbocycles. The molecule has 0 heterocycles. The molecule has 0 radical (unpaired) electrons. The maximum Gasteiger partial charge on any atom is 0.251 e. The van der Waals surface area contributed by atoms with Gasteiger partial charge in [-0.1, -0.05) is 37.7 Å². The number of carbonyl (C=O) groups excluding carboxylic acids is 1. The Morgan fingerprint density at radius 3 is 2.22 bits per heavy atom. The van der Waals surface area contributed by atoms with Gasteiger partial charge in [0.2, 0.25) is 0 Å². The van der Waals surface area contributed by atoms with E-state index in [0.29, 0.717) is 10.6 Å². The fraction of sp³-hybridized carbons (Fsp3) is 0.429. The van der Waals surface area contributed by atoms with E-state index < -0.39 is 0 Å². The van der Waals surface area contributed by atoms with Crippen LogP contribution in [-0.4, -0.2) is 16.4 Å². The zero-order chi connectivity index (χ0) is 13.8. The third-order valence-electron chi connectivity index (χ3n) is 2.76. The van der Waals surface area contributed by atoms with Gasteiger partial charge in [-0.25, -0.2) is 0 Å². The fourth-order valence-electron chi connectivity index (χ4n) is 1.85. The molecule has 0 saturated heterocycles. The zero-order valence-corrected chi connectivity index (χ0v) is 11.9. The Morgan fingerprint density at radius 1 is 1.28 bits per heavy atom. The van der Waals surface area contributed by atoms with Gasteiger partial charge in [-0.05, 0) is 32.4 Å². The highest BCUT2D eigenvalue weighted by Crippen LogP contribution is 2.12. The number of nitrogens with one attached hydrogen (secondary N) is 1. The maximum absolute atomic E-state index is 12.0. The third kappa shape index (κ3) is 4.11. The SMILES string of the molecule is CCCC(C)(C)NC(=O)c1ccc(C(N)=S)cc1. The number of rotatable bonds is 5. The van der Waals surface area contributed by atoms with Crippen molar-refractivity contribution in [1.82, 2.24) is 5.32 Å². The molecule has 0 aromatic heterocycles. The smallest absolute Gasteiger partial charge is 0.251 e. The Kier molecular flexibility index (Phi) is 4.84. The molecule has 4 heteroatoms. The number of carbonyl (C=O) groups is 1. The van der Waals surface area contributed by atoms with Crippen LogP contribution in [0.5, 0.6) is 0 Å². The van der Waals surface area contributed by atoms with Gasteiger partial charge in [-0.3, -0.25) is 4.79 Å². The van der Waals surface area contributed by atoms with Gasteiger partial charge in [0.1, 0.15) is 4.99 Å². The summed E-state index contributed by atoms with van der Waals surface area (Å²) >= 11 is 4.87. The van der Waals surface area contributed by atoms with Crippen molar-refractivity contribution < 1.29 is 4.79 Å². The number of nitrogens with two attached hydrogens (primary N) is 1. The van der Waals surface area contributed by atoms with Gasteiger partial charge in [0.25, 0.3) is 5.91 Å². The topological polar surface area (TPSA) is 55.1 Å². The number of hydrogen-bond donors (Lipinski definition) is 2. The molecule has 98 valence electrons. The second-order valence-electron chi connectivity index (χ2n) is 5.03. The summed E-state index contributed by atoms with van der Waals surface area (Å²) in [5, 5.41) is 3.02. The number of hydrogen-bond acceptors (Lipinski definition) is 2. The molecule has 0 aliphatic heterocycles. The van der Waals surface area contributed by atoms with Crippen LogP contribution in [0.25, 0.3) is 0 Å². The molecule has 0 unspecified atom stereocenters. The molecule has 0 saturated carbocycles. The van der Waals surface area contributed by atoms with Gasteiger partial charge in [0, 0.05) is 16.7 Å². The molecule has 0 fully saturated rings. The van der Waals surface area contributed by atoms with Crippen LogP contribution < -0.4 is 11.1 Å². The van der Waals surface area contributed by atoms with Gasteiger partial charge >= 0.3 is 0 Å². The monoisotopic (exact) mass is 264 g/mol. The normalized spacial score (nSPS) is 11.1. The minimum Gasteiger partial charge on any atom is -0.389 e. The van der Waals surface area contributed by atoms with Crippen molar-refractivity contribution >= 4 is 23.1 Å². The Balaban J connectivity index is 2.76. The summed E-state index contributed by atoms with van der Waals surface area (Å²) in [4.78, 5) is 12.4. The summed E-state index contributed by atoms with van der Waals surface area (Å²) < 4.78 is 0. The predicted octanol–water partition coefficient (Wildman–Crippen LogP) is 2.63. The lowest BCUT2D eigenvalue weighted by atomic mass is 9.98. The van der Waals surface area contributed by atoms with Gasteiger partial charge in [-0.2, -0.15) is 0 Å². The predicted molar refractivity (Wildman–Crippen MR) is 78.8 cm³/mol. The zero-order valence-electron chi connectivity index (χ0n) is 11.1. The van der Waals surface area contributed by atoms with Crippen molar-refractivity contribution in [2.24, 2.45) is 5.73 Å². The van der Waals surface area contributed by atoms with Crippen LogP contribution >= 0.6 is 12.2 Å². The quantitative estimate of drug-likeness (QED) is 0.804. The first kappa shape index (κ1) is 14.6.